The van der Waals surface area contributed by atoms with Gasteiger partial charge in [0.15, 0.2) is 5.60 Å². The van der Waals surface area contributed by atoms with E-state index >= 15 is 0 Å². The highest BCUT2D eigenvalue weighted by Gasteiger charge is 2.42. The second kappa shape index (κ2) is 7.24. The molecule has 1 aromatic carbocycles. The summed E-state index contributed by atoms with van der Waals surface area (Å²) < 4.78 is 7.78. The molecular formula is C22H29N3O3. The Labute approximate surface area is 165 Å². The number of aromatic nitrogens is 1. The van der Waals surface area contributed by atoms with Gasteiger partial charge in [-0.15, -0.1) is 0 Å². The molecule has 6 nitrogen and oxygen atoms in total. The van der Waals surface area contributed by atoms with Gasteiger partial charge in [0.1, 0.15) is 5.69 Å². The average Bonchev–Trinajstić information content (AvgIpc) is 3.29. The molecule has 0 spiro atoms. The summed E-state index contributed by atoms with van der Waals surface area (Å²) >= 11 is 0. The van der Waals surface area contributed by atoms with Gasteiger partial charge in [0, 0.05) is 30.5 Å². The molecule has 4 rings (SSSR count). The van der Waals surface area contributed by atoms with E-state index in [2.05, 4.69) is 17.4 Å². The van der Waals surface area contributed by atoms with Crippen molar-refractivity contribution in [3.63, 3.8) is 0 Å². The summed E-state index contributed by atoms with van der Waals surface area (Å²) in [5.41, 5.74) is 1.84. The van der Waals surface area contributed by atoms with E-state index in [9.17, 15) is 9.59 Å². The maximum absolute atomic E-state index is 13.2. The van der Waals surface area contributed by atoms with Crippen molar-refractivity contribution in [3.05, 3.63) is 35.5 Å². The number of rotatable bonds is 3. The van der Waals surface area contributed by atoms with Crippen LogP contribution in [0.1, 0.15) is 48.7 Å². The van der Waals surface area contributed by atoms with E-state index in [1.165, 1.54) is 5.56 Å². The van der Waals surface area contributed by atoms with Crippen molar-refractivity contribution < 1.29 is 14.3 Å². The number of carbonyl (C=O) groups is 2. The summed E-state index contributed by atoms with van der Waals surface area (Å²) in [6.45, 7) is 4.96. The van der Waals surface area contributed by atoms with Crippen molar-refractivity contribution >= 4 is 22.7 Å². The van der Waals surface area contributed by atoms with Gasteiger partial charge in [-0.05, 0) is 44.9 Å². The molecule has 1 aromatic heterocycles. The number of amides is 2. The number of hydrogen-bond acceptors (Lipinski definition) is 3. The number of benzene rings is 1. The van der Waals surface area contributed by atoms with Crippen LogP contribution in [0.4, 0.5) is 0 Å². The van der Waals surface area contributed by atoms with Crippen molar-refractivity contribution in [3.8, 4) is 0 Å². The molecule has 28 heavy (non-hydrogen) atoms. The minimum absolute atomic E-state index is 0.0560. The smallest absolute Gasteiger partial charge is 0.270 e. The minimum Gasteiger partial charge on any atom is -0.362 e. The van der Waals surface area contributed by atoms with Crippen molar-refractivity contribution in [1.29, 1.82) is 0 Å². The summed E-state index contributed by atoms with van der Waals surface area (Å²) in [6, 6.07) is 8.36. The first kappa shape index (κ1) is 19.0. The maximum atomic E-state index is 13.2. The Kier molecular flexibility index (Phi) is 4.91. The van der Waals surface area contributed by atoms with Crippen molar-refractivity contribution in [1.82, 2.24) is 14.8 Å². The van der Waals surface area contributed by atoms with Crippen molar-refractivity contribution in [2.45, 2.75) is 51.2 Å². The van der Waals surface area contributed by atoms with Crippen LogP contribution in [0.15, 0.2) is 24.3 Å². The fraction of sp³-hybridized carbons (Fsp3) is 0.545. The van der Waals surface area contributed by atoms with E-state index < -0.39 is 5.60 Å². The van der Waals surface area contributed by atoms with Crippen LogP contribution in [-0.2, 0) is 16.6 Å². The minimum atomic E-state index is -1.00. The predicted octanol–water partition coefficient (Wildman–Crippen LogP) is 2.78. The Balaban J connectivity index is 1.53. The standard InChI is InChI=1S/C22H29N3O3/c1-15-8-9-18-16(12-15)13-19(24(18)3)20(26)25-10-11-28-22(2,14-25)21(27)23-17-6-4-5-7-17/h8-9,12-13,17H,4-7,10-11,14H2,1-3H3,(H,23,27)/t22-/m1/s1. The van der Waals surface area contributed by atoms with E-state index in [0.717, 1.165) is 36.6 Å². The van der Waals surface area contributed by atoms with Crippen LogP contribution in [-0.4, -0.2) is 52.6 Å². The van der Waals surface area contributed by atoms with E-state index in [4.69, 9.17) is 4.74 Å². The molecule has 6 heteroatoms. The number of carbonyl (C=O) groups excluding carboxylic acids is 2. The van der Waals surface area contributed by atoms with Crippen LogP contribution in [0.2, 0.25) is 0 Å². The molecular weight excluding hydrogens is 354 g/mol. The van der Waals surface area contributed by atoms with Crippen molar-refractivity contribution in [2.75, 3.05) is 19.7 Å². The Morgan fingerprint density at radius 1 is 1.21 bits per heavy atom. The lowest BCUT2D eigenvalue weighted by Gasteiger charge is -2.39. The van der Waals surface area contributed by atoms with Crippen LogP contribution in [0.5, 0.6) is 0 Å². The van der Waals surface area contributed by atoms with Gasteiger partial charge in [-0.2, -0.15) is 0 Å². The average molecular weight is 383 g/mol. The molecule has 1 aliphatic heterocycles. The molecule has 0 bridgehead atoms. The third-order valence-corrected chi connectivity index (χ3v) is 6.15. The monoisotopic (exact) mass is 383 g/mol. The van der Waals surface area contributed by atoms with Gasteiger partial charge in [0.05, 0.1) is 13.2 Å². The van der Waals surface area contributed by atoms with Gasteiger partial charge in [-0.25, -0.2) is 0 Å². The van der Waals surface area contributed by atoms with Crippen LogP contribution < -0.4 is 5.32 Å². The van der Waals surface area contributed by atoms with Gasteiger partial charge in [0.25, 0.3) is 11.8 Å². The van der Waals surface area contributed by atoms with Gasteiger partial charge in [-0.1, -0.05) is 24.5 Å². The zero-order valence-corrected chi connectivity index (χ0v) is 17.0. The van der Waals surface area contributed by atoms with E-state index in [1.807, 2.05) is 30.7 Å². The molecule has 1 aliphatic carbocycles. The predicted molar refractivity (Wildman–Crippen MR) is 108 cm³/mol. The van der Waals surface area contributed by atoms with E-state index in [-0.39, 0.29) is 24.4 Å². The summed E-state index contributed by atoms with van der Waals surface area (Å²) in [5, 5.41) is 4.18. The molecule has 2 fully saturated rings. The summed E-state index contributed by atoms with van der Waals surface area (Å²) in [6.07, 6.45) is 4.38. The normalized spacial score (nSPS) is 23.3. The van der Waals surface area contributed by atoms with Gasteiger partial charge >= 0.3 is 0 Å². The summed E-state index contributed by atoms with van der Waals surface area (Å²) in [7, 11) is 1.91. The third-order valence-electron chi connectivity index (χ3n) is 6.15. The first-order valence-corrected chi connectivity index (χ1v) is 10.2. The number of ether oxygens (including phenoxy) is 1. The Morgan fingerprint density at radius 2 is 1.96 bits per heavy atom. The number of morpholine rings is 1. The Bertz CT molecular complexity index is 913. The van der Waals surface area contributed by atoms with Crippen LogP contribution in [0.3, 0.4) is 0 Å². The van der Waals surface area contributed by atoms with Gasteiger partial charge < -0.3 is 19.5 Å². The SMILES string of the molecule is Cc1ccc2c(c1)cc(C(=O)N1CCO[C@@](C)(C(=O)NC3CCCC3)C1)n2C. The maximum Gasteiger partial charge on any atom is 0.270 e. The molecule has 1 saturated carbocycles. The first-order valence-electron chi connectivity index (χ1n) is 10.2. The van der Waals surface area contributed by atoms with Crippen molar-refractivity contribution in [2.24, 2.45) is 7.05 Å². The number of nitrogens with one attached hydrogen (secondary N) is 1. The molecule has 1 saturated heterocycles. The largest absolute Gasteiger partial charge is 0.362 e. The first-order chi connectivity index (χ1) is 13.4. The zero-order valence-electron chi connectivity index (χ0n) is 17.0. The number of aryl methyl sites for hydroxylation is 2. The number of fused-ring (bicyclic) bond motifs is 1. The quantitative estimate of drug-likeness (QED) is 0.886. The number of nitrogens with zero attached hydrogens (tertiary/aromatic N) is 2. The highest BCUT2D eigenvalue weighted by molar-refractivity contribution is 5.99. The lowest BCUT2D eigenvalue weighted by molar-refractivity contribution is -0.154. The third kappa shape index (κ3) is 3.41. The second-order valence-electron chi connectivity index (χ2n) is 8.41. The molecule has 0 radical (unpaired) electrons. The zero-order chi connectivity index (χ0) is 19.9. The van der Waals surface area contributed by atoms with Crippen LogP contribution in [0.25, 0.3) is 10.9 Å². The molecule has 2 aliphatic rings. The Hall–Kier alpha value is -2.34. The molecule has 1 atom stereocenters. The molecule has 1 N–H and O–H groups in total. The van der Waals surface area contributed by atoms with E-state index in [1.54, 1.807) is 11.8 Å². The van der Waals surface area contributed by atoms with E-state index in [0.29, 0.717) is 18.8 Å². The molecule has 0 unspecified atom stereocenters. The van der Waals surface area contributed by atoms with Crippen LogP contribution >= 0.6 is 0 Å². The van der Waals surface area contributed by atoms with Crippen LogP contribution in [0, 0.1) is 6.92 Å². The topological polar surface area (TPSA) is 63.6 Å². The molecule has 2 amide bonds. The highest BCUT2D eigenvalue weighted by Crippen LogP contribution is 2.25. The second-order valence-corrected chi connectivity index (χ2v) is 8.41. The summed E-state index contributed by atoms with van der Waals surface area (Å²) in [5.74, 6) is -0.163. The fourth-order valence-electron chi connectivity index (χ4n) is 4.43. The summed E-state index contributed by atoms with van der Waals surface area (Å²) in [4.78, 5) is 27.8. The molecule has 150 valence electrons. The van der Waals surface area contributed by atoms with Gasteiger partial charge in [-0.3, -0.25) is 9.59 Å². The lowest BCUT2D eigenvalue weighted by Crippen LogP contribution is -2.60. The Morgan fingerprint density at radius 3 is 2.71 bits per heavy atom. The highest BCUT2D eigenvalue weighted by atomic mass is 16.5. The lowest BCUT2D eigenvalue weighted by atomic mass is 10.0. The molecule has 2 aromatic rings. The fourth-order valence-corrected chi connectivity index (χ4v) is 4.43. The number of hydrogen-bond donors (Lipinski definition) is 1. The van der Waals surface area contributed by atoms with Gasteiger partial charge in [0.2, 0.25) is 0 Å². The molecule has 2 heterocycles.